The third-order valence-corrected chi connectivity index (χ3v) is 9.88. The van der Waals surface area contributed by atoms with Gasteiger partial charge >= 0.3 is 0 Å². The highest BCUT2D eigenvalue weighted by Crippen LogP contribution is 2.51. The smallest absolute Gasteiger partial charge is 0.0540 e. The molecule has 0 saturated heterocycles. The minimum atomic E-state index is 0.154. The molecule has 47 heavy (non-hydrogen) atoms. The maximum atomic E-state index is 2.39. The lowest BCUT2D eigenvalue weighted by Gasteiger charge is -2.28. The first-order valence-corrected chi connectivity index (χ1v) is 16.5. The van der Waals surface area contributed by atoms with Crippen LogP contribution in [0.3, 0.4) is 0 Å². The van der Waals surface area contributed by atoms with E-state index in [1.807, 2.05) is 0 Å². The van der Waals surface area contributed by atoms with Gasteiger partial charge in [-0.15, -0.1) is 0 Å². The minimum Gasteiger partial charge on any atom is -0.310 e. The van der Waals surface area contributed by atoms with Crippen molar-refractivity contribution in [3.8, 4) is 33.4 Å². The van der Waals surface area contributed by atoms with Crippen molar-refractivity contribution in [3.63, 3.8) is 0 Å². The van der Waals surface area contributed by atoms with Crippen LogP contribution in [0.25, 0.3) is 65.7 Å². The van der Waals surface area contributed by atoms with Crippen LogP contribution in [0, 0.1) is 0 Å². The molecule has 0 atom stereocenters. The summed E-state index contributed by atoms with van der Waals surface area (Å²) in [5.41, 5.74) is 12.9. The first-order valence-electron chi connectivity index (χ1n) is 16.5. The summed E-state index contributed by atoms with van der Waals surface area (Å²) < 4.78 is 0. The van der Waals surface area contributed by atoms with Gasteiger partial charge in [0.05, 0.1) is 5.69 Å². The van der Waals surface area contributed by atoms with Crippen molar-refractivity contribution >= 4 is 49.4 Å². The van der Waals surface area contributed by atoms with Gasteiger partial charge < -0.3 is 4.90 Å². The Hall–Kier alpha value is -5.66. The third-order valence-electron chi connectivity index (χ3n) is 9.88. The number of para-hydroxylation sites is 1. The fraction of sp³-hybridized carbons (Fsp3) is 0.0870. The highest BCUT2D eigenvalue weighted by Gasteiger charge is 2.24. The van der Waals surface area contributed by atoms with Crippen LogP contribution >= 0.6 is 0 Å². The second-order valence-electron chi connectivity index (χ2n) is 13.9. The molecule has 1 aliphatic rings. The van der Waals surface area contributed by atoms with E-state index in [2.05, 4.69) is 183 Å². The van der Waals surface area contributed by atoms with E-state index >= 15 is 0 Å². The molecule has 224 valence electrons. The Kier molecular flexibility index (Phi) is 6.14. The van der Waals surface area contributed by atoms with Gasteiger partial charge in [0.1, 0.15) is 0 Å². The van der Waals surface area contributed by atoms with Crippen LogP contribution < -0.4 is 4.90 Å². The molecule has 8 aromatic carbocycles. The normalized spacial score (nSPS) is 12.1. The van der Waals surface area contributed by atoms with Gasteiger partial charge in [-0.1, -0.05) is 118 Å². The number of hydrogen-bond acceptors (Lipinski definition) is 1. The first-order chi connectivity index (χ1) is 22.9. The van der Waals surface area contributed by atoms with Crippen molar-refractivity contribution in [2.45, 2.75) is 26.2 Å². The molecule has 1 aliphatic carbocycles. The molecule has 0 spiro atoms. The van der Waals surface area contributed by atoms with E-state index in [4.69, 9.17) is 0 Å². The molecule has 8 aromatic rings. The highest BCUT2D eigenvalue weighted by atomic mass is 15.1. The quantitative estimate of drug-likeness (QED) is 0.194. The third kappa shape index (κ3) is 4.62. The average Bonchev–Trinajstić information content (AvgIpc) is 3.10. The summed E-state index contributed by atoms with van der Waals surface area (Å²) in [7, 11) is 0. The summed E-state index contributed by atoms with van der Waals surface area (Å²) in [5.74, 6) is 0. The number of nitrogens with zero attached hydrogens (tertiary/aromatic N) is 1. The molecule has 0 amide bonds. The van der Waals surface area contributed by atoms with Gasteiger partial charge in [0, 0.05) is 16.8 Å². The van der Waals surface area contributed by atoms with Crippen LogP contribution in [0.1, 0.15) is 26.3 Å². The fourth-order valence-electron chi connectivity index (χ4n) is 7.30. The summed E-state index contributed by atoms with van der Waals surface area (Å²) in [5, 5.41) is 7.56. The molecular weight excluding hydrogens is 567 g/mol. The van der Waals surface area contributed by atoms with Crippen LogP contribution in [-0.2, 0) is 5.41 Å². The van der Waals surface area contributed by atoms with E-state index in [1.165, 1.54) is 76.9 Å². The number of anilines is 3. The second-order valence-corrected chi connectivity index (χ2v) is 13.9. The Bertz CT molecular complexity index is 2480. The second kappa shape index (κ2) is 10.4. The molecule has 0 radical (unpaired) electrons. The Morgan fingerprint density at radius 3 is 1.66 bits per heavy atom. The predicted octanol–water partition coefficient (Wildman–Crippen LogP) is 13.2. The van der Waals surface area contributed by atoms with Crippen LogP contribution in [0.4, 0.5) is 17.1 Å². The van der Waals surface area contributed by atoms with Crippen molar-refractivity contribution in [1.82, 2.24) is 0 Å². The monoisotopic (exact) mass is 601 g/mol. The molecule has 0 saturated carbocycles. The van der Waals surface area contributed by atoms with Gasteiger partial charge in [0.25, 0.3) is 0 Å². The van der Waals surface area contributed by atoms with Crippen molar-refractivity contribution in [3.05, 3.63) is 163 Å². The lowest BCUT2D eigenvalue weighted by atomic mass is 9.77. The van der Waals surface area contributed by atoms with E-state index in [1.54, 1.807) is 0 Å². The Morgan fingerprint density at radius 2 is 0.957 bits per heavy atom. The number of benzene rings is 8. The van der Waals surface area contributed by atoms with Gasteiger partial charge in [0.15, 0.2) is 0 Å². The van der Waals surface area contributed by atoms with Gasteiger partial charge in [-0.05, 0) is 132 Å². The number of fused-ring (bicyclic) bond motifs is 7. The lowest BCUT2D eigenvalue weighted by molar-refractivity contribution is 0.590. The van der Waals surface area contributed by atoms with E-state index < -0.39 is 0 Å². The Labute approximate surface area is 276 Å². The maximum Gasteiger partial charge on any atom is 0.0540 e. The highest BCUT2D eigenvalue weighted by molar-refractivity contribution is 6.12. The Morgan fingerprint density at radius 1 is 0.383 bits per heavy atom. The molecule has 0 aromatic heterocycles. The number of hydrogen-bond donors (Lipinski definition) is 0. The summed E-state index contributed by atoms with van der Waals surface area (Å²) in [6.07, 6.45) is 0. The van der Waals surface area contributed by atoms with Gasteiger partial charge in [-0.2, -0.15) is 0 Å². The average molecular weight is 602 g/mol. The lowest BCUT2D eigenvalue weighted by Crippen LogP contribution is -2.10. The molecule has 0 bridgehead atoms. The van der Waals surface area contributed by atoms with Gasteiger partial charge in [-0.3, -0.25) is 0 Å². The molecule has 1 heteroatoms. The van der Waals surface area contributed by atoms with Crippen molar-refractivity contribution in [1.29, 1.82) is 0 Å². The Balaban J connectivity index is 1.11. The van der Waals surface area contributed by atoms with Crippen LogP contribution in [-0.4, -0.2) is 0 Å². The summed E-state index contributed by atoms with van der Waals surface area (Å²) in [4.78, 5) is 2.39. The van der Waals surface area contributed by atoms with Crippen molar-refractivity contribution in [2.24, 2.45) is 0 Å². The van der Waals surface area contributed by atoms with Gasteiger partial charge in [0.2, 0.25) is 0 Å². The zero-order valence-corrected chi connectivity index (χ0v) is 27.0. The summed E-state index contributed by atoms with van der Waals surface area (Å²) >= 11 is 0. The van der Waals surface area contributed by atoms with E-state index in [0.29, 0.717) is 0 Å². The van der Waals surface area contributed by atoms with Crippen molar-refractivity contribution in [2.75, 3.05) is 4.90 Å². The summed E-state index contributed by atoms with van der Waals surface area (Å²) in [6, 6.07) is 58.3. The predicted molar refractivity (Wildman–Crippen MR) is 202 cm³/mol. The molecule has 9 rings (SSSR count). The standard InChI is InChI=1S/C46H35N/c1-46(2,3)37-21-18-30(19-22-37)32-16-17-33-26-41-43(28-35(33)24-32)42-27-34-20-23-39(25-36(34)29-44(41)42)47(38-12-5-4-6-13-38)45-15-9-11-31-10-7-8-14-40(31)45/h4-29H,1-3H3. The van der Waals surface area contributed by atoms with Crippen molar-refractivity contribution < 1.29 is 0 Å². The minimum absolute atomic E-state index is 0.154. The van der Waals surface area contributed by atoms with Crippen LogP contribution in [0.5, 0.6) is 0 Å². The van der Waals surface area contributed by atoms with Crippen LogP contribution in [0.2, 0.25) is 0 Å². The zero-order chi connectivity index (χ0) is 31.7. The molecule has 0 unspecified atom stereocenters. The molecule has 0 N–H and O–H groups in total. The maximum absolute atomic E-state index is 2.39. The SMILES string of the molecule is CC(C)(C)c1ccc(-c2ccc3cc4c(cc3c2)-c2cc3ccc(N(c5ccccc5)c5cccc6ccccc56)cc3cc2-4)cc1. The largest absolute Gasteiger partial charge is 0.310 e. The summed E-state index contributed by atoms with van der Waals surface area (Å²) in [6.45, 7) is 6.80. The first kappa shape index (κ1) is 27.6. The topological polar surface area (TPSA) is 3.24 Å². The zero-order valence-electron chi connectivity index (χ0n) is 27.0. The molecular formula is C46H35N. The van der Waals surface area contributed by atoms with Crippen LogP contribution in [0.15, 0.2) is 158 Å². The number of rotatable bonds is 4. The fourth-order valence-corrected chi connectivity index (χ4v) is 7.30. The van der Waals surface area contributed by atoms with Gasteiger partial charge in [-0.25, -0.2) is 0 Å². The van der Waals surface area contributed by atoms with E-state index in [-0.39, 0.29) is 5.41 Å². The van der Waals surface area contributed by atoms with E-state index in [0.717, 1.165) is 11.4 Å². The molecule has 0 aliphatic heterocycles. The molecule has 1 nitrogen and oxygen atoms in total. The molecule has 0 fully saturated rings. The van der Waals surface area contributed by atoms with E-state index in [9.17, 15) is 0 Å². The molecule has 0 heterocycles.